The molecule has 1 saturated carbocycles. The lowest BCUT2D eigenvalue weighted by molar-refractivity contribution is 0.0259. The van der Waals surface area contributed by atoms with Crippen LogP contribution in [-0.4, -0.2) is 42.3 Å². The Kier molecular flexibility index (Phi) is 5.87. The van der Waals surface area contributed by atoms with E-state index < -0.39 is 5.60 Å². The normalized spacial score (nSPS) is 21.8. The first-order chi connectivity index (χ1) is 9.15. The Morgan fingerprint density at radius 1 is 1.40 bits per heavy atom. The number of ether oxygens (including phenoxy) is 1. The molecular formula is C16H32N2O2. The lowest BCUT2D eigenvalue weighted by Gasteiger charge is -2.30. The second-order valence-electron chi connectivity index (χ2n) is 7.45. The predicted octanol–water partition coefficient (Wildman–Crippen LogP) is 3.41. The fourth-order valence-corrected chi connectivity index (χ4v) is 2.78. The Bertz CT molecular complexity index is 321. The van der Waals surface area contributed by atoms with Gasteiger partial charge in [-0.2, -0.15) is 0 Å². The van der Waals surface area contributed by atoms with Crippen LogP contribution in [0.4, 0.5) is 4.79 Å². The van der Waals surface area contributed by atoms with Crippen molar-refractivity contribution in [2.24, 2.45) is 5.41 Å². The summed E-state index contributed by atoms with van der Waals surface area (Å²) in [5.74, 6) is 0. The van der Waals surface area contributed by atoms with E-state index in [9.17, 15) is 4.79 Å². The monoisotopic (exact) mass is 284 g/mol. The van der Waals surface area contributed by atoms with Crippen LogP contribution >= 0.6 is 0 Å². The van der Waals surface area contributed by atoms with E-state index in [2.05, 4.69) is 19.2 Å². The molecule has 0 aliphatic heterocycles. The standard InChI is InChI=1S/C16H32N2O2/c1-7-18(14(19)20-15(2,3)4)12-11-17-13-9-8-10-16(13,5)6/h13,17H,7-12H2,1-6H3. The summed E-state index contributed by atoms with van der Waals surface area (Å²) in [5.41, 5.74) is -0.0473. The number of carbonyl (C=O) groups is 1. The first-order valence-corrected chi connectivity index (χ1v) is 7.87. The summed E-state index contributed by atoms with van der Waals surface area (Å²) < 4.78 is 5.41. The number of nitrogens with one attached hydrogen (secondary N) is 1. The van der Waals surface area contributed by atoms with Crippen molar-refractivity contribution in [3.8, 4) is 0 Å². The highest BCUT2D eigenvalue weighted by Gasteiger charge is 2.33. The van der Waals surface area contributed by atoms with Gasteiger partial charge >= 0.3 is 6.09 Å². The van der Waals surface area contributed by atoms with Crippen molar-refractivity contribution in [2.75, 3.05) is 19.6 Å². The van der Waals surface area contributed by atoms with Crippen molar-refractivity contribution >= 4 is 6.09 Å². The van der Waals surface area contributed by atoms with Crippen molar-refractivity contribution < 1.29 is 9.53 Å². The molecule has 1 N–H and O–H groups in total. The minimum absolute atomic E-state index is 0.215. The molecule has 0 heterocycles. The van der Waals surface area contributed by atoms with Gasteiger partial charge in [0.2, 0.25) is 0 Å². The zero-order valence-electron chi connectivity index (χ0n) is 14.1. The Hall–Kier alpha value is -0.770. The van der Waals surface area contributed by atoms with Crippen LogP contribution in [0.3, 0.4) is 0 Å². The average molecular weight is 284 g/mol. The number of carbonyl (C=O) groups excluding carboxylic acids is 1. The van der Waals surface area contributed by atoms with Crippen molar-refractivity contribution in [1.29, 1.82) is 0 Å². The lowest BCUT2D eigenvalue weighted by Crippen LogP contribution is -2.44. The predicted molar refractivity (Wildman–Crippen MR) is 82.9 cm³/mol. The van der Waals surface area contributed by atoms with E-state index in [1.165, 1.54) is 19.3 Å². The Morgan fingerprint density at radius 2 is 2.05 bits per heavy atom. The van der Waals surface area contributed by atoms with Crippen LogP contribution in [-0.2, 0) is 4.74 Å². The van der Waals surface area contributed by atoms with Crippen LogP contribution in [0.15, 0.2) is 0 Å². The topological polar surface area (TPSA) is 41.6 Å². The first kappa shape index (κ1) is 17.3. The number of hydrogen-bond donors (Lipinski definition) is 1. The van der Waals surface area contributed by atoms with Gasteiger partial charge in [-0.05, 0) is 46.0 Å². The number of nitrogens with zero attached hydrogens (tertiary/aromatic N) is 1. The molecule has 0 spiro atoms. The van der Waals surface area contributed by atoms with E-state index in [1.807, 2.05) is 27.7 Å². The molecule has 0 saturated heterocycles. The Morgan fingerprint density at radius 3 is 2.50 bits per heavy atom. The fraction of sp³-hybridized carbons (Fsp3) is 0.938. The third-order valence-corrected chi connectivity index (χ3v) is 4.06. The van der Waals surface area contributed by atoms with E-state index in [-0.39, 0.29) is 6.09 Å². The first-order valence-electron chi connectivity index (χ1n) is 7.87. The molecule has 118 valence electrons. The zero-order valence-corrected chi connectivity index (χ0v) is 14.1. The molecule has 4 nitrogen and oxygen atoms in total. The molecule has 1 aliphatic carbocycles. The van der Waals surface area contributed by atoms with E-state index in [1.54, 1.807) is 4.90 Å². The minimum Gasteiger partial charge on any atom is -0.444 e. The molecule has 1 aliphatic rings. The van der Waals surface area contributed by atoms with E-state index in [0.717, 1.165) is 6.54 Å². The van der Waals surface area contributed by atoms with Crippen LogP contribution < -0.4 is 5.32 Å². The Labute approximate surface area is 124 Å². The van der Waals surface area contributed by atoms with Gasteiger partial charge in [0.25, 0.3) is 0 Å². The summed E-state index contributed by atoms with van der Waals surface area (Å²) in [6, 6.07) is 0.569. The second-order valence-corrected chi connectivity index (χ2v) is 7.45. The summed E-state index contributed by atoms with van der Waals surface area (Å²) in [7, 11) is 0. The minimum atomic E-state index is -0.425. The number of likely N-dealkylation sites (N-methyl/N-ethyl adjacent to an activating group) is 1. The van der Waals surface area contributed by atoms with Gasteiger partial charge in [0, 0.05) is 25.7 Å². The third-order valence-electron chi connectivity index (χ3n) is 4.06. The van der Waals surface area contributed by atoms with Gasteiger partial charge in [0.1, 0.15) is 5.60 Å². The maximum Gasteiger partial charge on any atom is 0.410 e. The molecule has 4 heteroatoms. The summed E-state index contributed by atoms with van der Waals surface area (Å²) in [4.78, 5) is 13.8. The van der Waals surface area contributed by atoms with Crippen LogP contribution in [0.5, 0.6) is 0 Å². The average Bonchev–Trinajstić information content (AvgIpc) is 2.61. The van der Waals surface area contributed by atoms with E-state index >= 15 is 0 Å². The lowest BCUT2D eigenvalue weighted by atomic mass is 9.87. The second kappa shape index (κ2) is 6.79. The maximum absolute atomic E-state index is 12.0. The van der Waals surface area contributed by atoms with Gasteiger partial charge < -0.3 is 15.0 Å². The van der Waals surface area contributed by atoms with Crippen LogP contribution in [0.25, 0.3) is 0 Å². The molecule has 1 amide bonds. The molecule has 0 bridgehead atoms. The van der Waals surface area contributed by atoms with Gasteiger partial charge in [-0.15, -0.1) is 0 Å². The number of rotatable bonds is 5. The van der Waals surface area contributed by atoms with E-state index in [4.69, 9.17) is 4.74 Å². The SMILES string of the molecule is CCN(CCNC1CCCC1(C)C)C(=O)OC(C)(C)C. The third kappa shape index (κ3) is 5.31. The highest BCUT2D eigenvalue weighted by molar-refractivity contribution is 5.68. The highest BCUT2D eigenvalue weighted by atomic mass is 16.6. The fourth-order valence-electron chi connectivity index (χ4n) is 2.78. The van der Waals surface area contributed by atoms with Crippen LogP contribution in [0.1, 0.15) is 60.8 Å². The van der Waals surface area contributed by atoms with Crippen molar-refractivity contribution in [3.05, 3.63) is 0 Å². The van der Waals surface area contributed by atoms with E-state index in [0.29, 0.717) is 24.5 Å². The highest BCUT2D eigenvalue weighted by Crippen LogP contribution is 2.36. The van der Waals surface area contributed by atoms with Gasteiger partial charge in [-0.3, -0.25) is 0 Å². The molecule has 1 rings (SSSR count). The molecule has 0 aromatic heterocycles. The molecule has 0 aromatic rings. The van der Waals surface area contributed by atoms with Gasteiger partial charge in [0.05, 0.1) is 0 Å². The van der Waals surface area contributed by atoms with Gasteiger partial charge in [-0.25, -0.2) is 4.79 Å². The number of hydrogen-bond acceptors (Lipinski definition) is 3. The smallest absolute Gasteiger partial charge is 0.410 e. The Balaban J connectivity index is 2.36. The molecular weight excluding hydrogens is 252 g/mol. The van der Waals surface area contributed by atoms with Gasteiger partial charge in [0.15, 0.2) is 0 Å². The molecule has 1 unspecified atom stereocenters. The summed E-state index contributed by atoms with van der Waals surface area (Å²) in [6.45, 7) is 14.6. The molecule has 1 fully saturated rings. The van der Waals surface area contributed by atoms with Crippen LogP contribution in [0.2, 0.25) is 0 Å². The molecule has 20 heavy (non-hydrogen) atoms. The van der Waals surface area contributed by atoms with Gasteiger partial charge in [-0.1, -0.05) is 20.3 Å². The summed E-state index contributed by atoms with van der Waals surface area (Å²) >= 11 is 0. The van der Waals surface area contributed by atoms with Crippen molar-refractivity contribution in [3.63, 3.8) is 0 Å². The summed E-state index contributed by atoms with van der Waals surface area (Å²) in [6.07, 6.45) is 3.61. The maximum atomic E-state index is 12.0. The quantitative estimate of drug-likeness (QED) is 0.841. The molecule has 0 radical (unpaired) electrons. The zero-order chi connectivity index (χ0) is 15.4. The van der Waals surface area contributed by atoms with Crippen molar-refractivity contribution in [1.82, 2.24) is 10.2 Å². The molecule has 0 aromatic carbocycles. The summed E-state index contributed by atoms with van der Waals surface area (Å²) in [5, 5.41) is 3.60. The number of amides is 1. The van der Waals surface area contributed by atoms with Crippen molar-refractivity contribution in [2.45, 2.75) is 72.4 Å². The van der Waals surface area contributed by atoms with Crippen LogP contribution in [0, 0.1) is 5.41 Å². The largest absolute Gasteiger partial charge is 0.444 e. The molecule has 1 atom stereocenters.